The second-order valence-corrected chi connectivity index (χ2v) is 5.79. The highest BCUT2D eigenvalue weighted by molar-refractivity contribution is 9.10. The number of hydrogen-bond acceptors (Lipinski definition) is 4. The molecule has 0 saturated heterocycles. The van der Waals surface area contributed by atoms with E-state index in [9.17, 15) is 4.79 Å². The molecule has 0 bridgehead atoms. The van der Waals surface area contributed by atoms with Crippen molar-refractivity contribution in [3.8, 4) is 11.5 Å². The van der Waals surface area contributed by atoms with E-state index in [2.05, 4.69) is 21.2 Å². The molecule has 0 fully saturated rings. The Kier molecular flexibility index (Phi) is 6.88. The Labute approximate surface area is 150 Å². The van der Waals surface area contributed by atoms with Crippen LogP contribution in [0.1, 0.15) is 24.2 Å². The highest BCUT2D eigenvalue weighted by atomic mass is 79.9. The number of hydrogen-bond donors (Lipinski definition) is 1. The molecule has 0 aliphatic carbocycles. The van der Waals surface area contributed by atoms with Gasteiger partial charge >= 0.3 is 0 Å². The minimum Gasteiger partial charge on any atom is -0.494 e. The zero-order valence-corrected chi connectivity index (χ0v) is 15.3. The molecule has 0 aliphatic heterocycles. The Hall–Kier alpha value is -2.27. The van der Waals surface area contributed by atoms with Crippen molar-refractivity contribution in [2.45, 2.75) is 13.8 Å². The first kappa shape index (κ1) is 18.1. The third-order valence-corrected chi connectivity index (χ3v) is 3.69. The van der Waals surface area contributed by atoms with Crippen LogP contribution in [0, 0.1) is 0 Å². The normalized spacial score (nSPS) is 10.6. The second-order valence-electron chi connectivity index (χ2n) is 4.87. The first-order chi connectivity index (χ1) is 11.6. The number of halogens is 1. The number of nitrogens with one attached hydrogen (secondary N) is 1. The Morgan fingerprint density at radius 1 is 1.08 bits per heavy atom. The summed E-state index contributed by atoms with van der Waals surface area (Å²) in [6.07, 6.45) is 3.10. The van der Waals surface area contributed by atoms with E-state index < -0.39 is 0 Å². The molecule has 0 amide bonds. The lowest BCUT2D eigenvalue weighted by Crippen LogP contribution is -2.00. The summed E-state index contributed by atoms with van der Waals surface area (Å²) in [4.78, 5) is 12.1. The lowest BCUT2D eigenvalue weighted by Gasteiger charge is -2.12. The Morgan fingerprint density at radius 2 is 1.79 bits per heavy atom. The third kappa shape index (κ3) is 5.13. The monoisotopic (exact) mass is 389 g/mol. The van der Waals surface area contributed by atoms with Crippen molar-refractivity contribution >= 4 is 27.4 Å². The summed E-state index contributed by atoms with van der Waals surface area (Å²) in [6.45, 7) is 5.00. The first-order valence-electron chi connectivity index (χ1n) is 7.76. The summed E-state index contributed by atoms with van der Waals surface area (Å²) in [5.41, 5.74) is 1.38. The largest absolute Gasteiger partial charge is 0.494 e. The van der Waals surface area contributed by atoms with Crippen molar-refractivity contribution in [1.82, 2.24) is 0 Å². The number of carbonyl (C=O) groups is 1. The molecule has 0 atom stereocenters. The van der Waals surface area contributed by atoms with Gasteiger partial charge in [0, 0.05) is 28.4 Å². The van der Waals surface area contributed by atoms with Crippen LogP contribution in [0.25, 0.3) is 0 Å². The standard InChI is InChI=1S/C19H20BrNO3/c1-3-23-16-9-10-19(24-4-2)17(13-16)21-12-11-18(22)14-5-7-15(20)8-6-14/h5-13,21H,3-4H2,1-2H3. The van der Waals surface area contributed by atoms with Crippen LogP contribution in [-0.4, -0.2) is 19.0 Å². The van der Waals surface area contributed by atoms with Gasteiger partial charge in [0.15, 0.2) is 5.78 Å². The molecule has 126 valence electrons. The maximum absolute atomic E-state index is 12.1. The van der Waals surface area contributed by atoms with Crippen molar-refractivity contribution in [1.29, 1.82) is 0 Å². The molecular formula is C19H20BrNO3. The Bertz CT molecular complexity index is 711. The average Bonchev–Trinajstić information content (AvgIpc) is 2.58. The van der Waals surface area contributed by atoms with Gasteiger partial charge in [0.1, 0.15) is 11.5 Å². The number of carbonyl (C=O) groups excluding carboxylic acids is 1. The number of allylic oxidation sites excluding steroid dienone is 1. The van der Waals surface area contributed by atoms with E-state index in [-0.39, 0.29) is 5.78 Å². The van der Waals surface area contributed by atoms with E-state index in [0.29, 0.717) is 24.5 Å². The van der Waals surface area contributed by atoms with Crippen molar-refractivity contribution in [3.05, 3.63) is 64.8 Å². The molecule has 2 aromatic carbocycles. The molecule has 0 radical (unpaired) electrons. The van der Waals surface area contributed by atoms with Crippen LogP contribution in [0.4, 0.5) is 5.69 Å². The maximum atomic E-state index is 12.1. The predicted molar refractivity (Wildman–Crippen MR) is 100 cm³/mol. The number of rotatable bonds is 8. The van der Waals surface area contributed by atoms with E-state index in [1.54, 1.807) is 18.3 Å². The van der Waals surface area contributed by atoms with Gasteiger partial charge in [-0.05, 0) is 50.2 Å². The molecule has 0 spiro atoms. The van der Waals surface area contributed by atoms with Gasteiger partial charge in [-0.25, -0.2) is 0 Å². The summed E-state index contributed by atoms with van der Waals surface area (Å²) < 4.78 is 12.0. The summed E-state index contributed by atoms with van der Waals surface area (Å²) in [5, 5.41) is 3.09. The molecule has 2 rings (SSSR count). The fraction of sp³-hybridized carbons (Fsp3) is 0.211. The Morgan fingerprint density at radius 3 is 2.46 bits per heavy atom. The average molecular weight is 390 g/mol. The summed E-state index contributed by atoms with van der Waals surface area (Å²) in [7, 11) is 0. The van der Waals surface area contributed by atoms with Crippen LogP contribution in [0.3, 0.4) is 0 Å². The minimum atomic E-state index is -0.0751. The molecule has 4 nitrogen and oxygen atoms in total. The van der Waals surface area contributed by atoms with Gasteiger partial charge < -0.3 is 14.8 Å². The molecule has 0 aliphatic rings. The quantitative estimate of drug-likeness (QED) is 0.506. The molecule has 1 N–H and O–H groups in total. The fourth-order valence-corrected chi connectivity index (χ4v) is 2.34. The maximum Gasteiger partial charge on any atom is 0.187 e. The van der Waals surface area contributed by atoms with E-state index in [0.717, 1.165) is 15.9 Å². The van der Waals surface area contributed by atoms with Gasteiger partial charge in [0.25, 0.3) is 0 Å². The fourth-order valence-electron chi connectivity index (χ4n) is 2.08. The highest BCUT2D eigenvalue weighted by Gasteiger charge is 2.05. The highest BCUT2D eigenvalue weighted by Crippen LogP contribution is 2.29. The lowest BCUT2D eigenvalue weighted by molar-refractivity contribution is 0.104. The van der Waals surface area contributed by atoms with Crippen LogP contribution in [0.5, 0.6) is 11.5 Å². The van der Waals surface area contributed by atoms with E-state index >= 15 is 0 Å². The summed E-state index contributed by atoms with van der Waals surface area (Å²) in [6, 6.07) is 12.8. The van der Waals surface area contributed by atoms with Crippen LogP contribution < -0.4 is 14.8 Å². The van der Waals surface area contributed by atoms with E-state index in [1.807, 2.05) is 44.2 Å². The number of anilines is 1. The molecule has 0 aromatic heterocycles. The summed E-state index contributed by atoms with van der Waals surface area (Å²) in [5.74, 6) is 1.38. The summed E-state index contributed by atoms with van der Waals surface area (Å²) >= 11 is 3.35. The van der Waals surface area contributed by atoms with Crippen molar-refractivity contribution in [2.24, 2.45) is 0 Å². The SMILES string of the molecule is CCOc1ccc(OCC)c(NC=CC(=O)c2ccc(Br)cc2)c1. The number of ketones is 1. The topological polar surface area (TPSA) is 47.6 Å². The van der Waals surface area contributed by atoms with Crippen LogP contribution in [-0.2, 0) is 0 Å². The van der Waals surface area contributed by atoms with Gasteiger partial charge in [-0.3, -0.25) is 4.79 Å². The van der Waals surface area contributed by atoms with E-state index in [4.69, 9.17) is 9.47 Å². The van der Waals surface area contributed by atoms with Crippen molar-refractivity contribution in [2.75, 3.05) is 18.5 Å². The first-order valence-corrected chi connectivity index (χ1v) is 8.56. The zero-order valence-electron chi connectivity index (χ0n) is 13.7. The molecule has 0 heterocycles. The predicted octanol–water partition coefficient (Wildman–Crippen LogP) is 5.06. The second kappa shape index (κ2) is 9.13. The van der Waals surface area contributed by atoms with Crippen molar-refractivity contribution < 1.29 is 14.3 Å². The molecular weight excluding hydrogens is 370 g/mol. The van der Waals surface area contributed by atoms with Gasteiger partial charge in [-0.15, -0.1) is 0 Å². The third-order valence-electron chi connectivity index (χ3n) is 3.16. The smallest absolute Gasteiger partial charge is 0.187 e. The number of benzene rings is 2. The van der Waals surface area contributed by atoms with Crippen LogP contribution in [0.15, 0.2) is 59.2 Å². The van der Waals surface area contributed by atoms with Gasteiger partial charge in [0.2, 0.25) is 0 Å². The zero-order chi connectivity index (χ0) is 17.4. The Balaban J connectivity index is 2.09. The molecule has 24 heavy (non-hydrogen) atoms. The van der Waals surface area contributed by atoms with E-state index in [1.165, 1.54) is 6.08 Å². The molecule has 0 saturated carbocycles. The van der Waals surface area contributed by atoms with Gasteiger partial charge in [-0.1, -0.05) is 15.9 Å². The van der Waals surface area contributed by atoms with Crippen molar-refractivity contribution in [3.63, 3.8) is 0 Å². The van der Waals surface area contributed by atoms with Crippen LogP contribution >= 0.6 is 15.9 Å². The van der Waals surface area contributed by atoms with Crippen LogP contribution in [0.2, 0.25) is 0 Å². The lowest BCUT2D eigenvalue weighted by atomic mass is 10.1. The number of ether oxygens (including phenoxy) is 2. The minimum absolute atomic E-state index is 0.0751. The van der Waals surface area contributed by atoms with Gasteiger partial charge in [-0.2, -0.15) is 0 Å². The molecule has 2 aromatic rings. The van der Waals surface area contributed by atoms with Gasteiger partial charge in [0.05, 0.1) is 18.9 Å². The molecule has 0 unspecified atom stereocenters. The molecule has 5 heteroatoms.